The molecule has 0 aliphatic carbocycles. The molecule has 0 aliphatic heterocycles. The third-order valence-corrected chi connectivity index (χ3v) is 3.62. The molecule has 0 saturated heterocycles. The van der Waals surface area contributed by atoms with Gasteiger partial charge in [0.05, 0.1) is 17.8 Å². The number of hydrogen-bond donors (Lipinski definition) is 1. The molecule has 5 nitrogen and oxygen atoms in total. The number of hydrogen-bond acceptors (Lipinski definition) is 5. The third-order valence-electron chi connectivity index (χ3n) is 2.90. The van der Waals surface area contributed by atoms with E-state index in [9.17, 15) is 4.79 Å². The number of thiazole rings is 1. The fourth-order valence-electron chi connectivity index (χ4n) is 1.97. The zero-order valence-electron chi connectivity index (χ0n) is 11.2. The van der Waals surface area contributed by atoms with Crippen molar-refractivity contribution in [2.24, 2.45) is 0 Å². The van der Waals surface area contributed by atoms with Crippen molar-refractivity contribution in [2.45, 2.75) is 39.7 Å². The van der Waals surface area contributed by atoms with Gasteiger partial charge in [-0.2, -0.15) is 5.10 Å². The molecule has 0 spiro atoms. The molecule has 0 amide bonds. The summed E-state index contributed by atoms with van der Waals surface area (Å²) in [4.78, 5) is 16.1. The summed E-state index contributed by atoms with van der Waals surface area (Å²) in [5.41, 5.74) is 8.32. The first-order chi connectivity index (χ1) is 9.12. The van der Waals surface area contributed by atoms with Crippen molar-refractivity contribution in [1.29, 1.82) is 0 Å². The summed E-state index contributed by atoms with van der Waals surface area (Å²) in [5, 5.41) is 6.79. The second kappa shape index (κ2) is 5.97. The van der Waals surface area contributed by atoms with E-state index in [2.05, 4.69) is 17.0 Å². The first-order valence-corrected chi connectivity index (χ1v) is 7.27. The largest absolute Gasteiger partial charge is 0.375 e. The Bertz CT molecular complexity index is 573. The molecule has 0 fully saturated rings. The number of nitrogens with two attached hydrogens (primary N) is 1. The summed E-state index contributed by atoms with van der Waals surface area (Å²) < 4.78 is 1.89. The van der Waals surface area contributed by atoms with Crippen LogP contribution < -0.4 is 5.73 Å². The van der Waals surface area contributed by atoms with E-state index < -0.39 is 0 Å². The maximum absolute atomic E-state index is 12.0. The van der Waals surface area contributed by atoms with Crippen LogP contribution >= 0.6 is 11.3 Å². The zero-order chi connectivity index (χ0) is 13.8. The quantitative estimate of drug-likeness (QED) is 0.875. The number of carbonyl (C=O) groups is 1. The Morgan fingerprint density at radius 1 is 1.37 bits per heavy atom. The van der Waals surface area contributed by atoms with E-state index in [-0.39, 0.29) is 5.78 Å². The second-order valence-corrected chi connectivity index (χ2v) is 5.26. The Hall–Kier alpha value is -1.69. The van der Waals surface area contributed by atoms with Crippen LogP contribution in [0.3, 0.4) is 0 Å². The number of rotatable bonds is 6. The van der Waals surface area contributed by atoms with Gasteiger partial charge in [0.25, 0.3) is 0 Å². The highest BCUT2D eigenvalue weighted by atomic mass is 32.1. The molecule has 2 rings (SSSR count). The molecule has 0 aliphatic rings. The van der Waals surface area contributed by atoms with Crippen molar-refractivity contribution >= 4 is 22.3 Å². The molecular weight excluding hydrogens is 260 g/mol. The molecule has 0 unspecified atom stereocenters. The molecule has 2 aromatic rings. The maximum atomic E-state index is 12.0. The van der Waals surface area contributed by atoms with Crippen molar-refractivity contribution in [1.82, 2.24) is 14.8 Å². The normalized spacial score (nSPS) is 10.8. The van der Waals surface area contributed by atoms with Gasteiger partial charge < -0.3 is 5.73 Å². The third kappa shape index (κ3) is 3.41. The monoisotopic (exact) mass is 278 g/mol. The molecule has 0 saturated carbocycles. The van der Waals surface area contributed by atoms with Gasteiger partial charge in [-0.25, -0.2) is 4.98 Å². The molecule has 0 atom stereocenters. The number of aromatic nitrogens is 3. The minimum Gasteiger partial charge on any atom is -0.375 e. The number of ketones is 1. The zero-order valence-corrected chi connectivity index (χ0v) is 12.0. The van der Waals surface area contributed by atoms with Gasteiger partial charge in [0.15, 0.2) is 5.13 Å². The molecule has 0 radical (unpaired) electrons. The van der Waals surface area contributed by atoms with Crippen LogP contribution in [0, 0.1) is 0 Å². The maximum Gasteiger partial charge on any atom is 0.180 e. The Balaban J connectivity index is 2.04. The molecule has 0 aromatic carbocycles. The van der Waals surface area contributed by atoms with Crippen LogP contribution in [0.4, 0.5) is 5.13 Å². The van der Waals surface area contributed by atoms with Gasteiger partial charge in [-0.3, -0.25) is 9.48 Å². The van der Waals surface area contributed by atoms with Crippen molar-refractivity contribution in [3.8, 4) is 0 Å². The van der Waals surface area contributed by atoms with Crippen LogP contribution in [0.15, 0.2) is 11.4 Å². The first kappa shape index (κ1) is 13.7. The summed E-state index contributed by atoms with van der Waals surface area (Å²) in [6.07, 6.45) is 1.62. The molecule has 2 aromatic heterocycles. The lowest BCUT2D eigenvalue weighted by atomic mass is 10.1. The van der Waals surface area contributed by atoms with E-state index >= 15 is 0 Å². The second-order valence-electron chi connectivity index (χ2n) is 4.37. The van der Waals surface area contributed by atoms with Crippen molar-refractivity contribution < 1.29 is 4.79 Å². The fourth-order valence-corrected chi connectivity index (χ4v) is 2.54. The van der Waals surface area contributed by atoms with E-state index in [0.717, 1.165) is 30.0 Å². The summed E-state index contributed by atoms with van der Waals surface area (Å²) in [6, 6.07) is 2.01. The molecule has 19 heavy (non-hydrogen) atoms. The summed E-state index contributed by atoms with van der Waals surface area (Å²) in [7, 11) is 0. The Kier molecular flexibility index (Phi) is 4.31. The number of nitrogens with zero attached hydrogens (tertiary/aromatic N) is 3. The van der Waals surface area contributed by atoms with Gasteiger partial charge in [0.1, 0.15) is 5.78 Å². The smallest absolute Gasteiger partial charge is 0.180 e. The van der Waals surface area contributed by atoms with Crippen molar-refractivity contribution in [3.63, 3.8) is 0 Å². The topological polar surface area (TPSA) is 73.8 Å². The lowest BCUT2D eigenvalue weighted by molar-refractivity contribution is -0.117. The van der Waals surface area contributed by atoms with E-state index in [1.807, 2.05) is 23.1 Å². The van der Waals surface area contributed by atoms with Gasteiger partial charge in [-0.15, -0.1) is 11.3 Å². The van der Waals surface area contributed by atoms with Crippen molar-refractivity contribution in [2.75, 3.05) is 5.73 Å². The number of anilines is 1. The van der Waals surface area contributed by atoms with Crippen LogP contribution in [0.2, 0.25) is 0 Å². The summed E-state index contributed by atoms with van der Waals surface area (Å²) in [6.45, 7) is 4.87. The molecule has 6 heteroatoms. The lowest BCUT2D eigenvalue weighted by Gasteiger charge is -2.03. The van der Waals surface area contributed by atoms with Crippen LogP contribution in [0.1, 0.15) is 30.9 Å². The van der Waals surface area contributed by atoms with Crippen LogP contribution in [-0.2, 0) is 30.6 Å². The highest BCUT2D eigenvalue weighted by Gasteiger charge is 2.12. The minimum absolute atomic E-state index is 0.141. The van der Waals surface area contributed by atoms with Gasteiger partial charge in [0.2, 0.25) is 0 Å². The lowest BCUT2D eigenvalue weighted by Crippen LogP contribution is -2.11. The average Bonchev–Trinajstić information content (AvgIpc) is 2.95. The van der Waals surface area contributed by atoms with Gasteiger partial charge in [-0.05, 0) is 19.4 Å². The Labute approximate surface area is 116 Å². The Morgan fingerprint density at radius 2 is 2.16 bits per heavy atom. The summed E-state index contributed by atoms with van der Waals surface area (Å²) >= 11 is 1.36. The van der Waals surface area contributed by atoms with Gasteiger partial charge in [0, 0.05) is 24.0 Å². The SMILES string of the molecule is CCc1cc(CC(=O)Cc2csc(N)n2)n(CC)n1. The molecular formula is C13H18N4OS. The van der Waals surface area contributed by atoms with Gasteiger partial charge >= 0.3 is 0 Å². The number of nitrogen functional groups attached to an aromatic ring is 1. The molecule has 0 bridgehead atoms. The predicted octanol–water partition coefficient (Wildman–Crippen LogP) is 1.86. The van der Waals surface area contributed by atoms with Crippen LogP contribution in [0.5, 0.6) is 0 Å². The summed E-state index contributed by atoms with van der Waals surface area (Å²) in [5.74, 6) is 0.141. The highest BCUT2D eigenvalue weighted by molar-refractivity contribution is 7.13. The fraction of sp³-hybridized carbons (Fsp3) is 0.462. The van der Waals surface area contributed by atoms with Crippen LogP contribution in [0.25, 0.3) is 0 Å². The average molecular weight is 278 g/mol. The predicted molar refractivity (Wildman–Crippen MR) is 76.2 cm³/mol. The molecule has 2 heterocycles. The van der Waals surface area contributed by atoms with Crippen molar-refractivity contribution in [3.05, 3.63) is 28.5 Å². The highest BCUT2D eigenvalue weighted by Crippen LogP contribution is 2.13. The van der Waals surface area contributed by atoms with E-state index in [0.29, 0.717) is 18.0 Å². The minimum atomic E-state index is 0.141. The van der Waals surface area contributed by atoms with Gasteiger partial charge in [-0.1, -0.05) is 6.92 Å². The molecule has 102 valence electrons. The first-order valence-electron chi connectivity index (χ1n) is 6.39. The number of Topliss-reactive ketones (excluding diaryl/α,β-unsaturated/α-hetero) is 1. The van der Waals surface area contributed by atoms with E-state index in [1.165, 1.54) is 11.3 Å². The Morgan fingerprint density at radius 3 is 2.74 bits per heavy atom. The molecule has 2 N–H and O–H groups in total. The number of aryl methyl sites for hydroxylation is 2. The van der Waals surface area contributed by atoms with Crippen LogP contribution in [-0.4, -0.2) is 20.5 Å². The van der Waals surface area contributed by atoms with E-state index in [4.69, 9.17) is 5.73 Å². The standard InChI is InChI=1S/C13H18N4OS/c1-3-9-5-11(17(4-2)16-9)7-12(18)6-10-8-19-13(14)15-10/h5,8H,3-4,6-7H2,1-2H3,(H2,14,15). The van der Waals surface area contributed by atoms with E-state index in [1.54, 1.807) is 0 Å². The number of carbonyl (C=O) groups excluding carboxylic acids is 1.